The fraction of sp³-hybridized carbons (Fsp3) is 0.150. The summed E-state index contributed by atoms with van der Waals surface area (Å²) in [6.45, 7) is 0.804. The Hall–Kier alpha value is -3.61. The number of nitrogen functional groups attached to an aromatic ring is 1. The zero-order chi connectivity index (χ0) is 18.8. The standard InChI is InChI=1S/C20H19N5O2/c1-27-20(26)14-7-3-4-8-15(14)24-18-17(21)19(23-12-22-18)25-11-10-13-6-2-5-9-16(13)25/h2-9,12H,10-11,21H2,1H3,(H,22,23,24). The smallest absolute Gasteiger partial charge is 0.339 e. The molecule has 0 atom stereocenters. The predicted molar refractivity (Wildman–Crippen MR) is 105 cm³/mol. The van der Waals surface area contributed by atoms with Gasteiger partial charge in [-0.15, -0.1) is 0 Å². The number of carbonyl (C=O) groups is 1. The van der Waals surface area contributed by atoms with E-state index in [0.717, 1.165) is 18.7 Å². The highest BCUT2D eigenvalue weighted by atomic mass is 16.5. The first-order chi connectivity index (χ1) is 13.2. The normalized spacial score (nSPS) is 12.6. The summed E-state index contributed by atoms with van der Waals surface area (Å²) in [6.07, 6.45) is 2.41. The Morgan fingerprint density at radius 2 is 1.93 bits per heavy atom. The molecule has 0 saturated heterocycles. The van der Waals surface area contributed by atoms with Crippen molar-refractivity contribution >= 4 is 34.7 Å². The van der Waals surface area contributed by atoms with Crippen LogP contribution in [0.15, 0.2) is 54.9 Å². The Kier molecular flexibility index (Phi) is 4.33. The highest BCUT2D eigenvalue weighted by molar-refractivity contribution is 5.97. The average Bonchev–Trinajstić information content (AvgIpc) is 3.13. The summed E-state index contributed by atoms with van der Waals surface area (Å²) in [6, 6.07) is 15.3. The molecule has 0 unspecified atom stereocenters. The third-order valence-corrected chi connectivity index (χ3v) is 4.59. The molecule has 1 aliphatic rings. The molecule has 0 fully saturated rings. The first-order valence-corrected chi connectivity index (χ1v) is 8.59. The van der Waals surface area contributed by atoms with Crippen LogP contribution in [0, 0.1) is 0 Å². The molecular weight excluding hydrogens is 342 g/mol. The lowest BCUT2D eigenvalue weighted by Gasteiger charge is -2.21. The molecule has 3 N–H and O–H groups in total. The van der Waals surface area contributed by atoms with Crippen molar-refractivity contribution in [3.8, 4) is 0 Å². The van der Waals surface area contributed by atoms with E-state index in [9.17, 15) is 4.79 Å². The molecule has 2 aromatic carbocycles. The van der Waals surface area contributed by atoms with Crippen molar-refractivity contribution in [3.63, 3.8) is 0 Å². The molecule has 2 heterocycles. The maximum absolute atomic E-state index is 12.0. The van der Waals surface area contributed by atoms with Gasteiger partial charge in [0, 0.05) is 12.2 Å². The third kappa shape index (κ3) is 3.03. The van der Waals surface area contributed by atoms with Gasteiger partial charge in [0.15, 0.2) is 11.6 Å². The van der Waals surface area contributed by atoms with Crippen LogP contribution in [0.25, 0.3) is 0 Å². The Bertz CT molecular complexity index is 1010. The third-order valence-electron chi connectivity index (χ3n) is 4.59. The molecular formula is C20H19N5O2. The summed E-state index contributed by atoms with van der Waals surface area (Å²) >= 11 is 0. The van der Waals surface area contributed by atoms with Crippen molar-refractivity contribution in [2.45, 2.75) is 6.42 Å². The number of fused-ring (bicyclic) bond motifs is 1. The molecule has 0 saturated carbocycles. The summed E-state index contributed by atoms with van der Waals surface area (Å²) in [5, 5.41) is 3.14. The van der Waals surface area contributed by atoms with Crippen LogP contribution in [0.4, 0.5) is 28.7 Å². The Balaban J connectivity index is 1.70. The van der Waals surface area contributed by atoms with Crippen LogP contribution >= 0.6 is 0 Å². The first-order valence-electron chi connectivity index (χ1n) is 8.59. The van der Waals surface area contributed by atoms with Crippen molar-refractivity contribution < 1.29 is 9.53 Å². The molecule has 7 nitrogen and oxygen atoms in total. The van der Waals surface area contributed by atoms with E-state index in [2.05, 4.69) is 32.3 Å². The monoisotopic (exact) mass is 361 g/mol. The number of ether oxygens (including phenoxy) is 1. The van der Waals surface area contributed by atoms with Gasteiger partial charge in [-0.2, -0.15) is 0 Å². The van der Waals surface area contributed by atoms with E-state index in [0.29, 0.717) is 28.6 Å². The highest BCUT2D eigenvalue weighted by Crippen LogP contribution is 2.38. The van der Waals surface area contributed by atoms with E-state index in [-0.39, 0.29) is 0 Å². The fourth-order valence-electron chi connectivity index (χ4n) is 3.27. The minimum absolute atomic E-state index is 0.408. The van der Waals surface area contributed by atoms with E-state index in [1.807, 2.05) is 18.2 Å². The van der Waals surface area contributed by atoms with E-state index in [1.54, 1.807) is 18.2 Å². The van der Waals surface area contributed by atoms with Crippen molar-refractivity contribution in [1.82, 2.24) is 9.97 Å². The molecule has 4 rings (SSSR count). The number of hydrogen-bond donors (Lipinski definition) is 2. The lowest BCUT2D eigenvalue weighted by molar-refractivity contribution is 0.0602. The summed E-state index contributed by atoms with van der Waals surface area (Å²) in [5.74, 6) is 0.660. The van der Waals surface area contributed by atoms with Gasteiger partial charge < -0.3 is 20.7 Å². The molecule has 27 heavy (non-hydrogen) atoms. The van der Waals surface area contributed by atoms with E-state index in [4.69, 9.17) is 10.5 Å². The number of nitrogens with zero attached hydrogens (tertiary/aromatic N) is 3. The van der Waals surface area contributed by atoms with Crippen LogP contribution in [-0.4, -0.2) is 29.6 Å². The molecule has 3 aromatic rings. The number of nitrogens with two attached hydrogens (primary N) is 1. The SMILES string of the molecule is COC(=O)c1ccccc1Nc1ncnc(N2CCc3ccccc32)c1N. The fourth-order valence-corrected chi connectivity index (χ4v) is 3.27. The van der Waals surface area contributed by atoms with Gasteiger partial charge in [-0.05, 0) is 30.2 Å². The number of esters is 1. The first kappa shape index (κ1) is 16.8. The predicted octanol–water partition coefficient (Wildman–Crippen LogP) is 3.28. The van der Waals surface area contributed by atoms with Gasteiger partial charge in [0.05, 0.1) is 18.4 Å². The molecule has 0 spiro atoms. The summed E-state index contributed by atoms with van der Waals surface area (Å²) in [7, 11) is 1.35. The highest BCUT2D eigenvalue weighted by Gasteiger charge is 2.24. The minimum atomic E-state index is -0.431. The number of aromatic nitrogens is 2. The zero-order valence-electron chi connectivity index (χ0n) is 14.8. The number of nitrogens with one attached hydrogen (secondary N) is 1. The molecule has 0 amide bonds. The van der Waals surface area contributed by atoms with Gasteiger partial charge in [-0.1, -0.05) is 30.3 Å². The van der Waals surface area contributed by atoms with Crippen LogP contribution < -0.4 is 16.0 Å². The van der Waals surface area contributed by atoms with Crippen LogP contribution in [0.2, 0.25) is 0 Å². The number of benzene rings is 2. The second kappa shape index (κ2) is 6.95. The quantitative estimate of drug-likeness (QED) is 0.689. The summed E-state index contributed by atoms with van der Waals surface area (Å²) < 4.78 is 4.84. The number of anilines is 5. The Morgan fingerprint density at radius 1 is 1.15 bits per heavy atom. The van der Waals surface area contributed by atoms with Gasteiger partial charge >= 0.3 is 5.97 Å². The van der Waals surface area contributed by atoms with E-state index in [1.165, 1.54) is 19.0 Å². The van der Waals surface area contributed by atoms with Crippen molar-refractivity contribution in [3.05, 3.63) is 66.0 Å². The molecule has 0 aliphatic carbocycles. The van der Waals surface area contributed by atoms with Crippen LogP contribution in [0.3, 0.4) is 0 Å². The minimum Gasteiger partial charge on any atom is -0.465 e. The van der Waals surface area contributed by atoms with Gasteiger partial charge in [-0.25, -0.2) is 14.8 Å². The van der Waals surface area contributed by atoms with E-state index < -0.39 is 5.97 Å². The topological polar surface area (TPSA) is 93.4 Å². The molecule has 0 radical (unpaired) electrons. The lowest BCUT2D eigenvalue weighted by Crippen LogP contribution is -2.18. The largest absolute Gasteiger partial charge is 0.465 e. The molecule has 136 valence electrons. The lowest BCUT2D eigenvalue weighted by atomic mass is 10.1. The Labute approximate surface area is 156 Å². The number of para-hydroxylation sites is 2. The molecule has 0 bridgehead atoms. The Morgan fingerprint density at radius 3 is 2.78 bits per heavy atom. The van der Waals surface area contributed by atoms with E-state index >= 15 is 0 Å². The van der Waals surface area contributed by atoms with Gasteiger partial charge in [0.1, 0.15) is 12.0 Å². The second-order valence-electron chi connectivity index (χ2n) is 6.15. The number of rotatable bonds is 4. The number of hydrogen-bond acceptors (Lipinski definition) is 7. The number of methoxy groups -OCH3 is 1. The number of carbonyl (C=O) groups excluding carboxylic acids is 1. The average molecular weight is 361 g/mol. The van der Waals surface area contributed by atoms with Crippen LogP contribution in [-0.2, 0) is 11.2 Å². The second-order valence-corrected chi connectivity index (χ2v) is 6.15. The van der Waals surface area contributed by atoms with Gasteiger partial charge in [-0.3, -0.25) is 0 Å². The molecule has 1 aliphatic heterocycles. The van der Waals surface area contributed by atoms with Crippen LogP contribution in [0.1, 0.15) is 15.9 Å². The molecule has 7 heteroatoms. The molecule has 1 aromatic heterocycles. The maximum atomic E-state index is 12.0. The summed E-state index contributed by atoms with van der Waals surface area (Å²) in [5.41, 5.74) is 10.2. The summed E-state index contributed by atoms with van der Waals surface area (Å²) in [4.78, 5) is 22.7. The maximum Gasteiger partial charge on any atom is 0.339 e. The zero-order valence-corrected chi connectivity index (χ0v) is 14.8. The van der Waals surface area contributed by atoms with Gasteiger partial charge in [0.2, 0.25) is 0 Å². The van der Waals surface area contributed by atoms with Crippen LogP contribution in [0.5, 0.6) is 0 Å². The van der Waals surface area contributed by atoms with Crippen molar-refractivity contribution in [2.75, 3.05) is 29.6 Å². The van der Waals surface area contributed by atoms with Gasteiger partial charge in [0.25, 0.3) is 0 Å². The van der Waals surface area contributed by atoms with Crippen molar-refractivity contribution in [2.24, 2.45) is 0 Å². The van der Waals surface area contributed by atoms with Crippen molar-refractivity contribution in [1.29, 1.82) is 0 Å².